The first-order valence-electron chi connectivity index (χ1n) is 6.65. The van der Waals surface area contributed by atoms with Crippen LogP contribution in [-0.2, 0) is 4.79 Å². The summed E-state index contributed by atoms with van der Waals surface area (Å²) in [5.74, 6) is -0.452. The highest BCUT2D eigenvalue weighted by atomic mass is 32.2. The molecule has 1 amide bonds. The second-order valence-electron chi connectivity index (χ2n) is 4.99. The van der Waals surface area contributed by atoms with Crippen molar-refractivity contribution in [2.75, 3.05) is 0 Å². The summed E-state index contributed by atoms with van der Waals surface area (Å²) < 4.78 is 15.9. The van der Waals surface area contributed by atoms with Crippen LogP contribution in [0, 0.1) is 19.7 Å². The Balaban J connectivity index is 2.06. The normalized spacial score (nSPS) is 16.4. The van der Waals surface area contributed by atoms with Crippen molar-refractivity contribution in [3.05, 3.63) is 58.0 Å². The van der Waals surface area contributed by atoms with Crippen molar-refractivity contribution in [2.45, 2.75) is 13.8 Å². The van der Waals surface area contributed by atoms with Crippen LogP contribution in [0.5, 0.6) is 0 Å². The first-order chi connectivity index (χ1) is 10.5. The molecule has 0 unspecified atom stereocenters. The van der Waals surface area contributed by atoms with Gasteiger partial charge in [0.25, 0.3) is 5.91 Å². The van der Waals surface area contributed by atoms with Gasteiger partial charge in [-0.1, -0.05) is 30.0 Å². The second kappa shape index (κ2) is 5.70. The van der Waals surface area contributed by atoms with Crippen LogP contribution in [0.3, 0.4) is 0 Å². The SMILES string of the molecule is Cc1cc(/C=C2\SC(=S)NC2=O)c(C)n1-c1cccc(F)c1. The molecule has 1 fully saturated rings. The number of rotatable bonds is 2. The number of carbonyl (C=O) groups is 1. The molecule has 1 aromatic carbocycles. The van der Waals surface area contributed by atoms with Gasteiger partial charge >= 0.3 is 0 Å². The molecule has 1 aliphatic rings. The van der Waals surface area contributed by atoms with Crippen LogP contribution in [0.15, 0.2) is 35.2 Å². The number of aromatic nitrogens is 1. The zero-order valence-corrected chi connectivity index (χ0v) is 13.6. The van der Waals surface area contributed by atoms with E-state index in [-0.39, 0.29) is 11.7 Å². The van der Waals surface area contributed by atoms with Crippen molar-refractivity contribution in [3.8, 4) is 5.69 Å². The van der Waals surface area contributed by atoms with Crippen LogP contribution in [0.4, 0.5) is 4.39 Å². The van der Waals surface area contributed by atoms with E-state index >= 15 is 0 Å². The third-order valence-electron chi connectivity index (χ3n) is 3.47. The first-order valence-corrected chi connectivity index (χ1v) is 7.88. The minimum atomic E-state index is -0.277. The number of halogens is 1. The van der Waals surface area contributed by atoms with E-state index in [4.69, 9.17) is 12.2 Å². The van der Waals surface area contributed by atoms with Gasteiger partial charge in [0.15, 0.2) is 0 Å². The van der Waals surface area contributed by atoms with E-state index in [1.807, 2.05) is 36.6 Å². The van der Waals surface area contributed by atoms with Crippen molar-refractivity contribution in [2.24, 2.45) is 0 Å². The molecule has 0 bridgehead atoms. The van der Waals surface area contributed by atoms with Crippen LogP contribution >= 0.6 is 24.0 Å². The van der Waals surface area contributed by atoms with Crippen molar-refractivity contribution < 1.29 is 9.18 Å². The smallest absolute Gasteiger partial charge is 0.263 e. The third-order valence-corrected chi connectivity index (χ3v) is 4.63. The predicted molar refractivity (Wildman–Crippen MR) is 91.5 cm³/mol. The van der Waals surface area contributed by atoms with Crippen LogP contribution < -0.4 is 5.32 Å². The summed E-state index contributed by atoms with van der Waals surface area (Å²) in [4.78, 5) is 12.3. The Bertz CT molecular complexity index is 824. The van der Waals surface area contributed by atoms with Crippen molar-refractivity contribution >= 4 is 40.3 Å². The minimum absolute atomic E-state index is 0.175. The Kier molecular flexibility index (Phi) is 3.88. The molecule has 6 heteroatoms. The molecule has 0 aliphatic carbocycles. The van der Waals surface area contributed by atoms with E-state index in [2.05, 4.69) is 5.32 Å². The van der Waals surface area contributed by atoms with E-state index in [0.717, 1.165) is 22.6 Å². The highest BCUT2D eigenvalue weighted by Crippen LogP contribution is 2.29. The Morgan fingerprint density at radius 2 is 2.09 bits per heavy atom. The molecule has 112 valence electrons. The average Bonchev–Trinajstić information content (AvgIpc) is 2.90. The zero-order valence-electron chi connectivity index (χ0n) is 12.0. The molecule has 3 nitrogen and oxygen atoms in total. The molecule has 1 aliphatic heterocycles. The number of carbonyl (C=O) groups excluding carboxylic acids is 1. The number of nitrogens with zero attached hydrogens (tertiary/aromatic N) is 1. The highest BCUT2D eigenvalue weighted by Gasteiger charge is 2.23. The Hall–Kier alpha value is -1.92. The lowest BCUT2D eigenvalue weighted by Gasteiger charge is -2.09. The molecule has 0 radical (unpaired) electrons. The van der Waals surface area contributed by atoms with Gasteiger partial charge in [0, 0.05) is 17.1 Å². The quantitative estimate of drug-likeness (QED) is 0.672. The molecule has 1 N–H and O–H groups in total. The zero-order chi connectivity index (χ0) is 15.9. The number of benzene rings is 1. The minimum Gasteiger partial charge on any atom is -0.318 e. The topological polar surface area (TPSA) is 34.0 Å². The van der Waals surface area contributed by atoms with Crippen molar-refractivity contribution in [1.82, 2.24) is 9.88 Å². The molecule has 0 spiro atoms. The number of aryl methyl sites for hydroxylation is 1. The molecule has 1 aromatic heterocycles. The summed E-state index contributed by atoms with van der Waals surface area (Å²) in [6.07, 6.45) is 1.82. The third kappa shape index (κ3) is 2.71. The molecular weight excluding hydrogens is 319 g/mol. The van der Waals surface area contributed by atoms with E-state index in [1.165, 1.54) is 23.9 Å². The molecule has 0 atom stereocenters. The molecule has 2 aromatic rings. The van der Waals surface area contributed by atoms with Crippen LogP contribution in [0.1, 0.15) is 17.0 Å². The molecular formula is C16H13FN2OS2. The number of nitrogens with one attached hydrogen (secondary N) is 1. The summed E-state index contributed by atoms with van der Waals surface area (Å²) in [7, 11) is 0. The lowest BCUT2D eigenvalue weighted by Crippen LogP contribution is -2.17. The number of hydrogen-bond donors (Lipinski definition) is 1. The summed E-state index contributed by atoms with van der Waals surface area (Å²) in [6.45, 7) is 3.90. The fourth-order valence-electron chi connectivity index (χ4n) is 2.51. The first kappa shape index (κ1) is 15.0. The standard InChI is InChI=1S/C16H13FN2OS2/c1-9-6-11(7-14-15(20)18-16(21)22-14)10(2)19(9)13-5-3-4-12(17)8-13/h3-8H,1-2H3,(H,18,20,21)/b14-7-. The number of amides is 1. The maximum atomic E-state index is 13.4. The van der Waals surface area contributed by atoms with Gasteiger partial charge in [-0.15, -0.1) is 0 Å². The molecule has 0 saturated carbocycles. The van der Waals surface area contributed by atoms with E-state index in [9.17, 15) is 9.18 Å². The average molecular weight is 332 g/mol. The number of thioether (sulfide) groups is 1. The van der Waals surface area contributed by atoms with Crippen LogP contribution in [-0.4, -0.2) is 14.8 Å². The largest absolute Gasteiger partial charge is 0.318 e. The molecule has 2 heterocycles. The molecule has 1 saturated heterocycles. The van der Waals surface area contributed by atoms with Gasteiger partial charge in [0.2, 0.25) is 0 Å². The van der Waals surface area contributed by atoms with E-state index < -0.39 is 0 Å². The van der Waals surface area contributed by atoms with Crippen LogP contribution in [0.2, 0.25) is 0 Å². The Morgan fingerprint density at radius 3 is 2.73 bits per heavy atom. The van der Waals surface area contributed by atoms with Gasteiger partial charge < -0.3 is 9.88 Å². The maximum Gasteiger partial charge on any atom is 0.263 e. The second-order valence-corrected chi connectivity index (χ2v) is 6.71. The van der Waals surface area contributed by atoms with E-state index in [1.54, 1.807) is 6.07 Å². The van der Waals surface area contributed by atoms with Gasteiger partial charge in [0.05, 0.1) is 4.91 Å². The number of hydrogen-bond acceptors (Lipinski definition) is 3. The lowest BCUT2D eigenvalue weighted by atomic mass is 10.2. The fraction of sp³-hybridized carbons (Fsp3) is 0.125. The summed E-state index contributed by atoms with van der Waals surface area (Å²) in [5, 5.41) is 2.60. The van der Waals surface area contributed by atoms with Gasteiger partial charge in [-0.25, -0.2) is 4.39 Å². The van der Waals surface area contributed by atoms with Gasteiger partial charge in [0.1, 0.15) is 10.1 Å². The Labute approximate surface area is 137 Å². The van der Waals surface area contributed by atoms with Crippen molar-refractivity contribution in [1.29, 1.82) is 0 Å². The fourth-order valence-corrected chi connectivity index (χ4v) is 3.54. The summed E-state index contributed by atoms with van der Waals surface area (Å²) >= 11 is 6.24. The highest BCUT2D eigenvalue weighted by molar-refractivity contribution is 8.26. The summed E-state index contributed by atoms with van der Waals surface area (Å²) in [5.41, 5.74) is 3.60. The predicted octanol–water partition coefficient (Wildman–Crippen LogP) is 3.72. The summed E-state index contributed by atoms with van der Waals surface area (Å²) in [6, 6.07) is 8.42. The van der Waals surface area contributed by atoms with Gasteiger partial charge in [-0.2, -0.15) is 0 Å². The van der Waals surface area contributed by atoms with Gasteiger partial charge in [-0.3, -0.25) is 4.79 Å². The van der Waals surface area contributed by atoms with Crippen LogP contribution in [0.25, 0.3) is 11.8 Å². The lowest BCUT2D eigenvalue weighted by molar-refractivity contribution is -0.115. The number of thiocarbonyl (C=S) groups is 1. The van der Waals surface area contributed by atoms with Crippen molar-refractivity contribution in [3.63, 3.8) is 0 Å². The Morgan fingerprint density at radius 1 is 1.32 bits per heavy atom. The molecule has 3 rings (SSSR count). The monoisotopic (exact) mass is 332 g/mol. The van der Waals surface area contributed by atoms with Gasteiger partial charge in [-0.05, 0) is 49.8 Å². The molecule has 22 heavy (non-hydrogen) atoms. The van der Waals surface area contributed by atoms with E-state index in [0.29, 0.717) is 9.23 Å². The maximum absolute atomic E-state index is 13.4.